The Morgan fingerprint density at radius 2 is 2.00 bits per heavy atom. The summed E-state index contributed by atoms with van der Waals surface area (Å²) in [6, 6.07) is 5.82. The van der Waals surface area contributed by atoms with Crippen molar-refractivity contribution in [2.45, 2.75) is 13.8 Å². The first-order chi connectivity index (χ1) is 8.04. The Hall–Kier alpha value is -1.97. The van der Waals surface area contributed by atoms with Gasteiger partial charge in [-0.1, -0.05) is 6.07 Å². The van der Waals surface area contributed by atoms with Gasteiger partial charge in [-0.15, -0.1) is 0 Å². The fourth-order valence-corrected chi connectivity index (χ4v) is 2.08. The third-order valence-electron chi connectivity index (χ3n) is 3.03. The Kier molecular flexibility index (Phi) is 2.79. The van der Waals surface area contributed by atoms with Crippen LogP contribution in [-0.4, -0.2) is 16.9 Å². The van der Waals surface area contributed by atoms with Crippen LogP contribution in [0.4, 0.5) is 5.69 Å². The number of rotatable bonds is 2. The molecule has 0 atom stereocenters. The Balaban J connectivity index is 2.57. The van der Waals surface area contributed by atoms with Crippen molar-refractivity contribution in [2.75, 3.05) is 12.8 Å². The molecule has 0 aliphatic heterocycles. The fraction of sp³-hybridized carbons (Fsp3) is 0.308. The zero-order valence-corrected chi connectivity index (χ0v) is 10.6. The van der Waals surface area contributed by atoms with Crippen molar-refractivity contribution in [1.82, 2.24) is 9.78 Å². The molecule has 1 heterocycles. The van der Waals surface area contributed by atoms with E-state index in [-0.39, 0.29) is 0 Å². The monoisotopic (exact) mass is 231 g/mol. The van der Waals surface area contributed by atoms with Crippen LogP contribution < -0.4 is 10.5 Å². The highest BCUT2D eigenvalue weighted by atomic mass is 16.5. The minimum absolute atomic E-state index is 0.646. The van der Waals surface area contributed by atoms with Gasteiger partial charge in [-0.05, 0) is 31.5 Å². The van der Waals surface area contributed by atoms with Gasteiger partial charge in [0.1, 0.15) is 5.75 Å². The number of anilines is 1. The molecule has 0 radical (unpaired) electrons. The highest BCUT2D eigenvalue weighted by molar-refractivity contribution is 5.73. The van der Waals surface area contributed by atoms with E-state index in [0.717, 1.165) is 22.5 Å². The van der Waals surface area contributed by atoms with E-state index in [4.69, 9.17) is 10.5 Å². The van der Waals surface area contributed by atoms with Crippen LogP contribution in [0.25, 0.3) is 11.1 Å². The molecule has 0 spiro atoms. The summed E-state index contributed by atoms with van der Waals surface area (Å²) < 4.78 is 7.04. The fourth-order valence-electron chi connectivity index (χ4n) is 2.08. The molecule has 4 heteroatoms. The van der Waals surface area contributed by atoms with Gasteiger partial charge in [-0.3, -0.25) is 4.68 Å². The predicted molar refractivity (Wildman–Crippen MR) is 69.1 cm³/mol. The van der Waals surface area contributed by atoms with Gasteiger partial charge < -0.3 is 10.5 Å². The summed E-state index contributed by atoms with van der Waals surface area (Å²) in [5, 5.41) is 4.40. The maximum absolute atomic E-state index is 5.92. The smallest absolute Gasteiger partial charge is 0.141 e. The lowest BCUT2D eigenvalue weighted by Gasteiger charge is -2.07. The van der Waals surface area contributed by atoms with E-state index in [0.29, 0.717) is 11.4 Å². The van der Waals surface area contributed by atoms with E-state index in [2.05, 4.69) is 12.0 Å². The maximum Gasteiger partial charge on any atom is 0.141 e. The highest BCUT2D eigenvalue weighted by Gasteiger charge is 2.12. The van der Waals surface area contributed by atoms with Crippen molar-refractivity contribution in [2.24, 2.45) is 7.05 Å². The standard InChI is InChI=1S/C13H17N3O/c1-8-13(9(2)16(3)15-8)10-5-6-12(17-4)11(14)7-10/h5-7H,14H2,1-4H3. The third-order valence-corrected chi connectivity index (χ3v) is 3.03. The number of aryl methyl sites for hydroxylation is 2. The van der Waals surface area contributed by atoms with Crippen LogP contribution in [0.15, 0.2) is 18.2 Å². The van der Waals surface area contributed by atoms with E-state index < -0.39 is 0 Å². The molecule has 4 nitrogen and oxygen atoms in total. The van der Waals surface area contributed by atoms with Gasteiger partial charge in [0, 0.05) is 18.3 Å². The molecule has 2 aromatic rings. The van der Waals surface area contributed by atoms with E-state index in [1.54, 1.807) is 7.11 Å². The molecule has 0 saturated carbocycles. The summed E-state index contributed by atoms with van der Waals surface area (Å²) in [7, 11) is 3.56. The van der Waals surface area contributed by atoms with Crippen molar-refractivity contribution in [3.05, 3.63) is 29.6 Å². The molecule has 2 N–H and O–H groups in total. The molecular formula is C13H17N3O. The Labute approximate surface area is 101 Å². The van der Waals surface area contributed by atoms with Gasteiger partial charge >= 0.3 is 0 Å². The number of hydrogen-bond donors (Lipinski definition) is 1. The minimum Gasteiger partial charge on any atom is -0.495 e. The summed E-state index contributed by atoms with van der Waals surface area (Å²) in [6.45, 7) is 4.05. The lowest BCUT2D eigenvalue weighted by molar-refractivity contribution is 0.417. The van der Waals surface area contributed by atoms with Crippen LogP contribution in [0, 0.1) is 13.8 Å². The topological polar surface area (TPSA) is 53.1 Å². The summed E-state index contributed by atoms with van der Waals surface area (Å²) in [4.78, 5) is 0. The maximum atomic E-state index is 5.92. The molecule has 0 bridgehead atoms. The molecule has 0 aliphatic carbocycles. The second-order valence-corrected chi connectivity index (χ2v) is 4.13. The molecule has 1 aromatic carbocycles. The van der Waals surface area contributed by atoms with Gasteiger partial charge in [0.25, 0.3) is 0 Å². The second-order valence-electron chi connectivity index (χ2n) is 4.13. The zero-order chi connectivity index (χ0) is 12.6. The first kappa shape index (κ1) is 11.5. The number of benzene rings is 1. The van der Waals surface area contributed by atoms with Crippen LogP contribution in [0.3, 0.4) is 0 Å². The van der Waals surface area contributed by atoms with E-state index >= 15 is 0 Å². The summed E-state index contributed by atoms with van der Waals surface area (Å²) in [5.74, 6) is 0.702. The highest BCUT2D eigenvalue weighted by Crippen LogP contribution is 2.31. The van der Waals surface area contributed by atoms with Gasteiger partial charge in [-0.2, -0.15) is 5.10 Å². The van der Waals surface area contributed by atoms with Crippen molar-refractivity contribution in [3.63, 3.8) is 0 Å². The molecule has 2 rings (SSSR count). The van der Waals surface area contributed by atoms with Crippen LogP contribution >= 0.6 is 0 Å². The van der Waals surface area contributed by atoms with Crippen LogP contribution in [0.5, 0.6) is 5.75 Å². The molecule has 0 aliphatic rings. The second kappa shape index (κ2) is 4.13. The third kappa shape index (κ3) is 1.86. The lowest BCUT2D eigenvalue weighted by atomic mass is 10.0. The number of methoxy groups -OCH3 is 1. The normalized spacial score (nSPS) is 10.6. The zero-order valence-electron chi connectivity index (χ0n) is 10.6. The molecule has 1 aromatic heterocycles. The average Bonchev–Trinajstić information content (AvgIpc) is 2.53. The molecule has 0 saturated heterocycles. The van der Waals surface area contributed by atoms with Crippen molar-refractivity contribution in [3.8, 4) is 16.9 Å². The molecule has 17 heavy (non-hydrogen) atoms. The summed E-state index contributed by atoms with van der Waals surface area (Å²) in [6.07, 6.45) is 0. The SMILES string of the molecule is COc1ccc(-c2c(C)nn(C)c2C)cc1N. The van der Waals surface area contributed by atoms with Crippen LogP contribution in [0.2, 0.25) is 0 Å². The van der Waals surface area contributed by atoms with Crippen LogP contribution in [0.1, 0.15) is 11.4 Å². The number of nitrogens with two attached hydrogens (primary N) is 1. The summed E-state index contributed by atoms with van der Waals surface area (Å²) >= 11 is 0. The Morgan fingerprint density at radius 1 is 1.29 bits per heavy atom. The van der Waals surface area contributed by atoms with Gasteiger partial charge in [0.05, 0.1) is 18.5 Å². The van der Waals surface area contributed by atoms with Crippen molar-refractivity contribution in [1.29, 1.82) is 0 Å². The molecule has 0 amide bonds. The average molecular weight is 231 g/mol. The van der Waals surface area contributed by atoms with E-state index in [1.165, 1.54) is 0 Å². The Bertz CT molecular complexity index is 558. The first-order valence-corrected chi connectivity index (χ1v) is 5.48. The molecule has 0 fully saturated rings. The van der Waals surface area contributed by atoms with Crippen molar-refractivity contribution < 1.29 is 4.74 Å². The van der Waals surface area contributed by atoms with E-state index in [9.17, 15) is 0 Å². The number of ether oxygens (including phenoxy) is 1. The largest absolute Gasteiger partial charge is 0.495 e. The van der Waals surface area contributed by atoms with Gasteiger partial charge in [0.15, 0.2) is 0 Å². The number of nitrogens with zero attached hydrogens (tertiary/aromatic N) is 2. The van der Waals surface area contributed by atoms with Gasteiger partial charge in [-0.25, -0.2) is 0 Å². The summed E-state index contributed by atoms with van der Waals surface area (Å²) in [5.41, 5.74) is 10.9. The first-order valence-electron chi connectivity index (χ1n) is 5.48. The number of aromatic nitrogens is 2. The molecule has 0 unspecified atom stereocenters. The molecule has 90 valence electrons. The predicted octanol–water partition coefficient (Wildman–Crippen LogP) is 2.29. The number of nitrogen functional groups attached to an aromatic ring is 1. The van der Waals surface area contributed by atoms with E-state index in [1.807, 2.05) is 36.9 Å². The Morgan fingerprint density at radius 3 is 2.47 bits per heavy atom. The minimum atomic E-state index is 0.646. The lowest BCUT2D eigenvalue weighted by Crippen LogP contribution is -1.94. The number of hydrogen-bond acceptors (Lipinski definition) is 3. The molecular weight excluding hydrogens is 214 g/mol. The van der Waals surface area contributed by atoms with Crippen LogP contribution in [-0.2, 0) is 7.05 Å². The quantitative estimate of drug-likeness (QED) is 0.807. The van der Waals surface area contributed by atoms with Crippen molar-refractivity contribution >= 4 is 5.69 Å². The van der Waals surface area contributed by atoms with Gasteiger partial charge in [0.2, 0.25) is 0 Å².